The number of nitrogens with one attached hydrogen (secondary N) is 1. The molecule has 9 heteroatoms. The van der Waals surface area contributed by atoms with Gasteiger partial charge in [0.2, 0.25) is 10.0 Å². The smallest absolute Gasteiger partial charge is 0.320 e. The summed E-state index contributed by atoms with van der Waals surface area (Å²) < 4.78 is 28.1. The molecule has 28 heavy (non-hydrogen) atoms. The number of carbonyl (C=O) groups is 1. The highest BCUT2D eigenvalue weighted by Crippen LogP contribution is 2.12. The summed E-state index contributed by atoms with van der Waals surface area (Å²) in [5.74, 6) is 0.464. The van der Waals surface area contributed by atoms with Gasteiger partial charge in [-0.2, -0.15) is 0 Å². The lowest BCUT2D eigenvalue weighted by molar-refractivity contribution is -0.156. The molecule has 0 spiro atoms. The van der Waals surface area contributed by atoms with E-state index in [0.717, 1.165) is 17.1 Å². The molecule has 0 aliphatic carbocycles. The van der Waals surface area contributed by atoms with Gasteiger partial charge in [-0.15, -0.1) is 0 Å². The number of hydrogen-bond donors (Lipinski definition) is 2. The lowest BCUT2D eigenvalue weighted by atomic mass is 10.1. The van der Waals surface area contributed by atoms with Crippen LogP contribution in [0.1, 0.15) is 37.9 Å². The number of hydrogen-bond acceptors (Lipinski definition) is 6. The Morgan fingerprint density at radius 3 is 2.39 bits per heavy atom. The van der Waals surface area contributed by atoms with Gasteiger partial charge in [0.1, 0.15) is 11.4 Å². The van der Waals surface area contributed by atoms with Crippen LogP contribution in [0.4, 0.5) is 0 Å². The molecule has 0 saturated heterocycles. The minimum absolute atomic E-state index is 0.0768. The van der Waals surface area contributed by atoms with Crippen molar-refractivity contribution < 1.29 is 17.9 Å². The first-order valence-electron chi connectivity index (χ1n) is 8.99. The van der Waals surface area contributed by atoms with E-state index in [0.29, 0.717) is 19.5 Å². The number of aromatic amines is 1. The maximum atomic E-state index is 12.3. The Morgan fingerprint density at radius 2 is 1.89 bits per heavy atom. The van der Waals surface area contributed by atoms with Crippen molar-refractivity contribution in [3.05, 3.63) is 47.5 Å². The first-order valence-corrected chi connectivity index (χ1v) is 10.5. The zero-order valence-corrected chi connectivity index (χ0v) is 17.5. The van der Waals surface area contributed by atoms with E-state index in [2.05, 4.69) is 9.97 Å². The molecule has 0 amide bonds. The number of nitrogens with zero attached hydrogens (tertiary/aromatic N) is 2. The second-order valence-corrected chi connectivity index (χ2v) is 9.29. The van der Waals surface area contributed by atoms with Gasteiger partial charge in [-0.1, -0.05) is 12.1 Å². The van der Waals surface area contributed by atoms with Gasteiger partial charge in [-0.05, 0) is 51.8 Å². The van der Waals surface area contributed by atoms with Crippen molar-refractivity contribution >= 4 is 16.0 Å². The average Bonchev–Trinajstić information content (AvgIpc) is 2.95. The monoisotopic (exact) mass is 408 g/mol. The highest BCUT2D eigenvalue weighted by Gasteiger charge is 2.20. The summed E-state index contributed by atoms with van der Waals surface area (Å²) in [6.45, 7) is 8.57. The van der Waals surface area contributed by atoms with Crippen LogP contribution < -0.4 is 5.14 Å². The number of primary sulfonamides is 1. The molecule has 1 heterocycles. The predicted molar refractivity (Wildman–Crippen MR) is 106 cm³/mol. The number of carbonyl (C=O) groups excluding carboxylic acids is 1. The summed E-state index contributed by atoms with van der Waals surface area (Å²) >= 11 is 0. The molecule has 0 unspecified atom stereocenters. The van der Waals surface area contributed by atoms with Crippen molar-refractivity contribution in [3.63, 3.8) is 0 Å². The van der Waals surface area contributed by atoms with Crippen LogP contribution in [0.25, 0.3) is 0 Å². The first kappa shape index (κ1) is 22.1. The van der Waals surface area contributed by atoms with Gasteiger partial charge in [0.05, 0.1) is 23.7 Å². The summed E-state index contributed by atoms with van der Waals surface area (Å²) in [4.78, 5) is 21.8. The van der Waals surface area contributed by atoms with Crippen LogP contribution in [0.2, 0.25) is 0 Å². The summed E-state index contributed by atoms with van der Waals surface area (Å²) in [5, 5.41) is 5.12. The standard InChI is InChI=1S/C19H28N4O4S/c1-14-11-21-17(22-14)12-23(13-18(24)27-19(2,3)4)10-9-15-5-7-16(8-6-15)28(20,25)26/h5-8,11H,9-10,12-13H2,1-4H3,(H,21,22)(H2,20,25,26). The number of aryl methyl sites for hydroxylation is 1. The maximum absolute atomic E-state index is 12.3. The van der Waals surface area contributed by atoms with Crippen molar-refractivity contribution in [1.29, 1.82) is 0 Å². The number of nitrogens with two attached hydrogens (primary N) is 1. The van der Waals surface area contributed by atoms with E-state index >= 15 is 0 Å². The molecule has 3 N–H and O–H groups in total. The molecule has 0 fully saturated rings. The molecule has 8 nitrogen and oxygen atoms in total. The van der Waals surface area contributed by atoms with Crippen LogP contribution in [-0.2, 0) is 32.5 Å². The van der Waals surface area contributed by atoms with Crippen LogP contribution in [-0.4, -0.2) is 47.9 Å². The molecular weight excluding hydrogens is 380 g/mol. The second-order valence-electron chi connectivity index (χ2n) is 7.72. The minimum atomic E-state index is -3.71. The molecule has 0 bridgehead atoms. The Kier molecular flexibility index (Phi) is 6.97. The molecule has 0 saturated carbocycles. The number of rotatable bonds is 8. The van der Waals surface area contributed by atoms with Gasteiger partial charge in [0.25, 0.3) is 0 Å². The lowest BCUT2D eigenvalue weighted by Gasteiger charge is -2.24. The van der Waals surface area contributed by atoms with Gasteiger partial charge >= 0.3 is 5.97 Å². The molecule has 2 rings (SSSR count). The fourth-order valence-corrected chi connectivity index (χ4v) is 3.18. The number of H-pyrrole nitrogens is 1. The Bertz CT molecular complexity index is 899. The number of imidazole rings is 1. The maximum Gasteiger partial charge on any atom is 0.320 e. The highest BCUT2D eigenvalue weighted by molar-refractivity contribution is 7.89. The molecule has 0 aliphatic heterocycles. The molecule has 1 aromatic heterocycles. The molecule has 1 aromatic carbocycles. The van der Waals surface area contributed by atoms with Crippen LogP contribution in [0, 0.1) is 6.92 Å². The fraction of sp³-hybridized carbons (Fsp3) is 0.474. The highest BCUT2D eigenvalue weighted by atomic mass is 32.2. The van der Waals surface area contributed by atoms with Gasteiger partial charge < -0.3 is 9.72 Å². The second kappa shape index (κ2) is 8.85. The van der Waals surface area contributed by atoms with E-state index in [1.165, 1.54) is 12.1 Å². The molecule has 0 radical (unpaired) electrons. The summed E-state index contributed by atoms with van der Waals surface area (Å²) in [5.41, 5.74) is 1.27. The van der Waals surface area contributed by atoms with E-state index in [-0.39, 0.29) is 17.4 Å². The predicted octanol–water partition coefficient (Wildman–Crippen LogP) is 1.75. The lowest BCUT2D eigenvalue weighted by Crippen LogP contribution is -2.36. The zero-order chi connectivity index (χ0) is 20.9. The minimum Gasteiger partial charge on any atom is -0.459 e. The Balaban J connectivity index is 2.04. The molecule has 154 valence electrons. The third kappa shape index (κ3) is 7.41. The van der Waals surface area contributed by atoms with Crippen molar-refractivity contribution in [3.8, 4) is 0 Å². The van der Waals surface area contributed by atoms with E-state index in [1.54, 1.807) is 12.1 Å². The molecule has 2 aromatic rings. The first-order chi connectivity index (χ1) is 12.9. The van der Waals surface area contributed by atoms with Crippen molar-refractivity contribution in [2.75, 3.05) is 13.1 Å². The van der Waals surface area contributed by atoms with Gasteiger partial charge in [0, 0.05) is 12.7 Å². The normalized spacial score (nSPS) is 12.4. The number of esters is 1. The average molecular weight is 409 g/mol. The quantitative estimate of drug-likeness (QED) is 0.643. The van der Waals surface area contributed by atoms with Crippen LogP contribution in [0.3, 0.4) is 0 Å². The Morgan fingerprint density at radius 1 is 1.25 bits per heavy atom. The third-order valence-electron chi connectivity index (χ3n) is 3.87. The van der Waals surface area contributed by atoms with Gasteiger partial charge in [-0.3, -0.25) is 9.69 Å². The number of sulfonamides is 1. The molecule has 0 atom stereocenters. The van der Waals surface area contributed by atoms with Crippen LogP contribution in [0.15, 0.2) is 35.4 Å². The van der Waals surface area contributed by atoms with Gasteiger partial charge in [-0.25, -0.2) is 18.5 Å². The van der Waals surface area contributed by atoms with Crippen molar-refractivity contribution in [2.24, 2.45) is 5.14 Å². The zero-order valence-electron chi connectivity index (χ0n) is 16.7. The van der Waals surface area contributed by atoms with Crippen molar-refractivity contribution in [1.82, 2.24) is 14.9 Å². The van der Waals surface area contributed by atoms with E-state index in [9.17, 15) is 13.2 Å². The molecular formula is C19H28N4O4S. The summed E-state index contributed by atoms with van der Waals surface area (Å²) in [7, 11) is -3.71. The molecule has 0 aliphatic rings. The summed E-state index contributed by atoms with van der Waals surface area (Å²) in [6, 6.07) is 6.42. The number of aromatic nitrogens is 2. The summed E-state index contributed by atoms with van der Waals surface area (Å²) in [6.07, 6.45) is 2.44. The third-order valence-corrected chi connectivity index (χ3v) is 4.80. The van der Waals surface area contributed by atoms with Crippen LogP contribution in [0.5, 0.6) is 0 Å². The van der Waals surface area contributed by atoms with Gasteiger partial charge in [0.15, 0.2) is 0 Å². The fourth-order valence-electron chi connectivity index (χ4n) is 2.66. The largest absolute Gasteiger partial charge is 0.459 e. The van der Waals surface area contributed by atoms with Crippen molar-refractivity contribution in [2.45, 2.75) is 51.2 Å². The SMILES string of the molecule is Cc1c[nH]c(CN(CCc2ccc(S(N)(=O)=O)cc2)CC(=O)OC(C)(C)C)n1. The number of benzene rings is 1. The van der Waals surface area contributed by atoms with E-state index in [1.807, 2.05) is 38.8 Å². The Hall–Kier alpha value is -2.23. The topological polar surface area (TPSA) is 118 Å². The van der Waals surface area contributed by atoms with Crippen LogP contribution >= 0.6 is 0 Å². The van der Waals surface area contributed by atoms with E-state index < -0.39 is 15.6 Å². The Labute approximate surface area is 166 Å². The van der Waals surface area contributed by atoms with E-state index in [4.69, 9.17) is 9.88 Å². The number of ether oxygens (including phenoxy) is 1.